The van der Waals surface area contributed by atoms with E-state index in [1.54, 1.807) is 12.1 Å². The Kier molecular flexibility index (Phi) is 4.67. The van der Waals surface area contributed by atoms with Crippen LogP contribution in [0.15, 0.2) is 36.5 Å². The minimum Gasteiger partial charge on any atom is -0.364 e. The lowest BCUT2D eigenvalue weighted by Gasteiger charge is -1.99. The molecule has 114 valence electrons. The Bertz CT molecular complexity index is 720. The first-order chi connectivity index (χ1) is 10.5. The van der Waals surface area contributed by atoms with Crippen molar-refractivity contribution in [3.05, 3.63) is 53.6 Å². The van der Waals surface area contributed by atoms with E-state index < -0.39 is 11.8 Å². The maximum atomic E-state index is 12.8. The number of nitrogens with two attached hydrogens (primary N) is 1. The fourth-order valence-electron chi connectivity index (χ4n) is 1.78. The van der Waals surface area contributed by atoms with E-state index >= 15 is 0 Å². The second-order valence-electron chi connectivity index (χ2n) is 4.49. The number of amides is 2. The van der Waals surface area contributed by atoms with Crippen LogP contribution in [-0.2, 0) is 11.3 Å². The van der Waals surface area contributed by atoms with Gasteiger partial charge in [-0.3, -0.25) is 14.3 Å². The quantitative estimate of drug-likeness (QED) is 0.825. The molecule has 2 rings (SSSR count). The topological polar surface area (TPSA) is 90.0 Å². The standard InChI is InChI=1S/C15H15FN4O2/c1-2-20-9-12(14(19-20)15(17)22)18-13(21)8-5-10-3-6-11(16)7-4-10/h3-9H,2H2,1H3,(H2,17,22)(H,18,21)/b8-5+. The molecule has 2 amide bonds. The third-order valence-corrected chi connectivity index (χ3v) is 2.87. The van der Waals surface area contributed by atoms with Crippen molar-refractivity contribution in [3.63, 3.8) is 0 Å². The Balaban J connectivity index is 2.10. The van der Waals surface area contributed by atoms with Gasteiger partial charge in [0.05, 0.1) is 5.69 Å². The molecule has 0 radical (unpaired) electrons. The maximum Gasteiger partial charge on any atom is 0.271 e. The largest absolute Gasteiger partial charge is 0.364 e. The number of nitrogens with zero attached hydrogens (tertiary/aromatic N) is 2. The molecule has 0 atom stereocenters. The van der Waals surface area contributed by atoms with Crippen molar-refractivity contribution in [1.82, 2.24) is 9.78 Å². The van der Waals surface area contributed by atoms with Gasteiger partial charge in [-0.25, -0.2) is 4.39 Å². The normalized spacial score (nSPS) is 10.8. The summed E-state index contributed by atoms with van der Waals surface area (Å²) in [6.07, 6.45) is 4.34. The Morgan fingerprint density at radius 2 is 2.05 bits per heavy atom. The van der Waals surface area contributed by atoms with E-state index in [9.17, 15) is 14.0 Å². The minimum absolute atomic E-state index is 0.00498. The fraction of sp³-hybridized carbons (Fsp3) is 0.133. The number of carbonyl (C=O) groups is 2. The van der Waals surface area contributed by atoms with Crippen LogP contribution in [0.1, 0.15) is 23.0 Å². The minimum atomic E-state index is -0.718. The van der Waals surface area contributed by atoms with Crippen molar-refractivity contribution in [1.29, 1.82) is 0 Å². The Morgan fingerprint density at radius 1 is 1.36 bits per heavy atom. The summed E-state index contributed by atoms with van der Waals surface area (Å²) >= 11 is 0. The molecule has 1 aromatic carbocycles. The number of hydrogen-bond acceptors (Lipinski definition) is 3. The van der Waals surface area contributed by atoms with Gasteiger partial charge in [0.1, 0.15) is 5.82 Å². The van der Waals surface area contributed by atoms with E-state index in [0.29, 0.717) is 12.1 Å². The highest BCUT2D eigenvalue weighted by atomic mass is 19.1. The molecule has 0 aliphatic rings. The predicted molar refractivity (Wildman–Crippen MR) is 80.5 cm³/mol. The lowest BCUT2D eigenvalue weighted by molar-refractivity contribution is -0.111. The number of carbonyl (C=O) groups excluding carboxylic acids is 2. The van der Waals surface area contributed by atoms with Gasteiger partial charge in [0.2, 0.25) is 5.91 Å². The first kappa shape index (κ1) is 15.4. The molecule has 0 fully saturated rings. The van der Waals surface area contributed by atoms with Crippen molar-refractivity contribution in [2.24, 2.45) is 5.73 Å². The van der Waals surface area contributed by atoms with E-state index in [1.165, 1.54) is 35.2 Å². The number of aromatic nitrogens is 2. The van der Waals surface area contributed by atoms with Crippen molar-refractivity contribution in [2.45, 2.75) is 13.5 Å². The third kappa shape index (κ3) is 3.78. The smallest absolute Gasteiger partial charge is 0.271 e. The molecule has 1 aromatic heterocycles. The van der Waals surface area contributed by atoms with Gasteiger partial charge in [-0.15, -0.1) is 0 Å². The first-order valence-corrected chi connectivity index (χ1v) is 6.61. The van der Waals surface area contributed by atoms with Gasteiger partial charge in [-0.1, -0.05) is 12.1 Å². The van der Waals surface area contributed by atoms with Crippen molar-refractivity contribution >= 4 is 23.6 Å². The molecule has 22 heavy (non-hydrogen) atoms. The summed E-state index contributed by atoms with van der Waals surface area (Å²) in [6.45, 7) is 2.39. The Morgan fingerprint density at radius 3 is 2.64 bits per heavy atom. The molecule has 6 nitrogen and oxygen atoms in total. The number of primary amides is 1. The molecular formula is C15H15FN4O2. The molecule has 0 unspecified atom stereocenters. The van der Waals surface area contributed by atoms with Crippen LogP contribution in [0.3, 0.4) is 0 Å². The van der Waals surface area contributed by atoms with E-state index in [-0.39, 0.29) is 17.2 Å². The summed E-state index contributed by atoms with van der Waals surface area (Å²) in [5, 5.41) is 6.52. The summed E-state index contributed by atoms with van der Waals surface area (Å²) in [5.41, 5.74) is 6.15. The molecule has 7 heteroatoms. The second kappa shape index (κ2) is 6.66. The molecule has 3 N–H and O–H groups in total. The summed E-state index contributed by atoms with van der Waals surface area (Å²) in [4.78, 5) is 23.1. The molecule has 0 aliphatic carbocycles. The second-order valence-corrected chi connectivity index (χ2v) is 4.49. The van der Waals surface area contributed by atoms with Gasteiger partial charge < -0.3 is 11.1 Å². The van der Waals surface area contributed by atoms with Gasteiger partial charge >= 0.3 is 0 Å². The molecule has 2 aromatic rings. The van der Waals surface area contributed by atoms with E-state index in [0.717, 1.165) is 0 Å². The SMILES string of the molecule is CCn1cc(NC(=O)/C=C/c2ccc(F)cc2)c(C(N)=O)n1. The number of nitrogens with one attached hydrogen (secondary N) is 1. The van der Waals surface area contributed by atoms with Gasteiger partial charge in [-0.05, 0) is 30.7 Å². The zero-order chi connectivity index (χ0) is 16.1. The van der Waals surface area contributed by atoms with Crippen LogP contribution in [-0.4, -0.2) is 21.6 Å². The van der Waals surface area contributed by atoms with Crippen LogP contribution < -0.4 is 11.1 Å². The van der Waals surface area contributed by atoms with E-state index in [1.807, 2.05) is 6.92 Å². The summed E-state index contributed by atoms with van der Waals surface area (Å²) in [6, 6.07) is 5.69. The number of hydrogen-bond donors (Lipinski definition) is 2. The predicted octanol–water partition coefficient (Wildman–Crippen LogP) is 1.79. The average Bonchev–Trinajstić information content (AvgIpc) is 2.90. The van der Waals surface area contributed by atoms with Gasteiger partial charge in [0, 0.05) is 18.8 Å². The number of benzene rings is 1. The maximum absolute atomic E-state index is 12.8. The van der Waals surface area contributed by atoms with E-state index in [2.05, 4.69) is 10.4 Å². The summed E-state index contributed by atoms with van der Waals surface area (Å²) < 4.78 is 14.3. The number of rotatable bonds is 5. The van der Waals surface area contributed by atoms with Crippen molar-refractivity contribution in [2.75, 3.05) is 5.32 Å². The molecule has 0 bridgehead atoms. The van der Waals surface area contributed by atoms with Crippen molar-refractivity contribution in [3.8, 4) is 0 Å². The van der Waals surface area contributed by atoms with Crippen LogP contribution >= 0.6 is 0 Å². The third-order valence-electron chi connectivity index (χ3n) is 2.87. The molecule has 1 heterocycles. The monoisotopic (exact) mass is 302 g/mol. The van der Waals surface area contributed by atoms with Crippen LogP contribution in [0.4, 0.5) is 10.1 Å². The van der Waals surface area contributed by atoms with Gasteiger partial charge in [-0.2, -0.15) is 5.10 Å². The molecule has 0 saturated carbocycles. The zero-order valence-corrected chi connectivity index (χ0v) is 11.9. The summed E-state index contributed by atoms with van der Waals surface area (Å²) in [5.74, 6) is -1.51. The number of anilines is 1. The highest BCUT2D eigenvalue weighted by molar-refractivity contribution is 6.06. The van der Waals surface area contributed by atoms with Gasteiger partial charge in [0.25, 0.3) is 5.91 Å². The number of aryl methyl sites for hydroxylation is 1. The summed E-state index contributed by atoms with van der Waals surface area (Å²) in [7, 11) is 0. The Labute approximate surface area is 126 Å². The average molecular weight is 302 g/mol. The highest BCUT2D eigenvalue weighted by Crippen LogP contribution is 2.13. The molecule has 0 spiro atoms. The van der Waals surface area contributed by atoms with Crippen LogP contribution in [0.25, 0.3) is 6.08 Å². The van der Waals surface area contributed by atoms with Gasteiger partial charge in [0.15, 0.2) is 5.69 Å². The highest BCUT2D eigenvalue weighted by Gasteiger charge is 2.14. The molecule has 0 saturated heterocycles. The Hall–Kier alpha value is -2.96. The van der Waals surface area contributed by atoms with Crippen LogP contribution in [0, 0.1) is 5.82 Å². The van der Waals surface area contributed by atoms with Crippen LogP contribution in [0.5, 0.6) is 0 Å². The lowest BCUT2D eigenvalue weighted by atomic mass is 10.2. The zero-order valence-electron chi connectivity index (χ0n) is 11.9. The van der Waals surface area contributed by atoms with Crippen LogP contribution in [0.2, 0.25) is 0 Å². The first-order valence-electron chi connectivity index (χ1n) is 6.61. The van der Waals surface area contributed by atoms with E-state index in [4.69, 9.17) is 5.73 Å². The molecular weight excluding hydrogens is 287 g/mol. The number of halogens is 1. The molecule has 0 aliphatic heterocycles. The lowest BCUT2D eigenvalue weighted by Crippen LogP contribution is -2.16. The van der Waals surface area contributed by atoms with Crippen molar-refractivity contribution < 1.29 is 14.0 Å². The fourth-order valence-corrected chi connectivity index (χ4v) is 1.78.